The predicted octanol–water partition coefficient (Wildman–Crippen LogP) is 4.84. The van der Waals surface area contributed by atoms with Crippen LogP contribution in [0.1, 0.15) is 58.3 Å². The lowest BCUT2D eigenvalue weighted by Gasteiger charge is -2.43. The summed E-state index contributed by atoms with van der Waals surface area (Å²) in [7, 11) is 0. The van der Waals surface area contributed by atoms with E-state index in [1.165, 1.54) is 44.9 Å². The molecule has 6 saturated carbocycles. The quantitative estimate of drug-likeness (QED) is 0.404. The molecule has 7 aliphatic carbocycles. The molecule has 140 valence electrons. The smallest absolute Gasteiger partial charge is 0.312 e. The molecule has 0 N–H and O–H groups in total. The Morgan fingerprint density at radius 1 is 0.923 bits per heavy atom. The number of fused-ring (bicyclic) bond motifs is 14. The van der Waals surface area contributed by atoms with E-state index in [1.54, 1.807) is 0 Å². The van der Waals surface area contributed by atoms with Gasteiger partial charge in [0.1, 0.15) is 6.10 Å². The monoisotopic (exact) mass is 352 g/mol. The molecular weight excluding hydrogens is 320 g/mol. The molecule has 2 nitrogen and oxygen atoms in total. The number of carbonyl (C=O) groups is 1. The summed E-state index contributed by atoms with van der Waals surface area (Å²) in [6.07, 6.45) is 15.7. The Morgan fingerprint density at radius 2 is 1.73 bits per heavy atom. The Balaban J connectivity index is 1.11. The molecule has 0 spiro atoms. The third-order valence-corrected chi connectivity index (χ3v) is 10.7. The van der Waals surface area contributed by atoms with Crippen molar-refractivity contribution in [3.05, 3.63) is 12.2 Å². The fraction of sp³-hybridized carbons (Fsp3) is 0.875. The molecule has 12 unspecified atom stereocenters. The molecule has 0 aromatic heterocycles. The van der Waals surface area contributed by atoms with Gasteiger partial charge in [-0.05, 0) is 111 Å². The van der Waals surface area contributed by atoms with Crippen LogP contribution in [0.3, 0.4) is 0 Å². The first kappa shape index (κ1) is 15.2. The molecule has 0 amide bonds. The SMILES string of the molecule is CC1(C(=O)OC2CC3CC2C2C4CC(C5CCCC54)C32)CC2C=CC1C2. The van der Waals surface area contributed by atoms with E-state index in [1.807, 2.05) is 0 Å². The minimum atomic E-state index is -0.230. The number of ether oxygens (including phenoxy) is 1. The lowest BCUT2D eigenvalue weighted by Crippen LogP contribution is -2.44. The Bertz CT molecular complexity index is 696. The van der Waals surface area contributed by atoms with Crippen molar-refractivity contribution in [2.45, 2.75) is 64.4 Å². The fourth-order valence-corrected chi connectivity index (χ4v) is 9.99. The van der Waals surface area contributed by atoms with Gasteiger partial charge in [0.25, 0.3) is 0 Å². The summed E-state index contributed by atoms with van der Waals surface area (Å²) in [5.41, 5.74) is -0.230. The summed E-state index contributed by atoms with van der Waals surface area (Å²) >= 11 is 0. The lowest BCUT2D eigenvalue weighted by molar-refractivity contribution is -0.167. The molecule has 0 radical (unpaired) electrons. The van der Waals surface area contributed by atoms with E-state index in [9.17, 15) is 4.79 Å². The number of hydrogen-bond acceptors (Lipinski definition) is 2. The van der Waals surface area contributed by atoms with Gasteiger partial charge in [-0.25, -0.2) is 0 Å². The molecule has 7 rings (SSSR count). The van der Waals surface area contributed by atoms with Crippen LogP contribution >= 0.6 is 0 Å². The van der Waals surface area contributed by atoms with Gasteiger partial charge in [0.2, 0.25) is 0 Å². The van der Waals surface area contributed by atoms with Crippen molar-refractivity contribution in [1.82, 2.24) is 0 Å². The van der Waals surface area contributed by atoms with E-state index in [0.29, 0.717) is 17.8 Å². The van der Waals surface area contributed by atoms with Gasteiger partial charge in [0.05, 0.1) is 5.41 Å². The summed E-state index contributed by atoms with van der Waals surface area (Å²) < 4.78 is 6.34. The average molecular weight is 353 g/mol. The number of allylic oxidation sites excluding steroid dienone is 2. The van der Waals surface area contributed by atoms with Crippen molar-refractivity contribution in [3.63, 3.8) is 0 Å². The van der Waals surface area contributed by atoms with Crippen molar-refractivity contribution in [2.75, 3.05) is 0 Å². The maximum absolute atomic E-state index is 13.2. The predicted molar refractivity (Wildman–Crippen MR) is 99.0 cm³/mol. The van der Waals surface area contributed by atoms with Crippen molar-refractivity contribution in [3.8, 4) is 0 Å². The van der Waals surface area contributed by atoms with Gasteiger partial charge < -0.3 is 4.74 Å². The van der Waals surface area contributed by atoms with Crippen LogP contribution in [0.2, 0.25) is 0 Å². The molecule has 12 atom stereocenters. The number of esters is 1. The molecule has 0 heterocycles. The zero-order valence-electron chi connectivity index (χ0n) is 16.0. The Kier molecular flexibility index (Phi) is 2.79. The molecule has 2 heteroatoms. The molecule has 0 saturated heterocycles. The fourth-order valence-electron chi connectivity index (χ4n) is 9.99. The average Bonchev–Trinajstić information content (AvgIpc) is 3.41. The van der Waals surface area contributed by atoms with Crippen molar-refractivity contribution < 1.29 is 9.53 Å². The van der Waals surface area contributed by atoms with Crippen molar-refractivity contribution in [1.29, 1.82) is 0 Å². The maximum Gasteiger partial charge on any atom is 0.312 e. The van der Waals surface area contributed by atoms with Crippen molar-refractivity contribution >= 4 is 5.97 Å². The topological polar surface area (TPSA) is 26.3 Å². The van der Waals surface area contributed by atoms with Crippen LogP contribution < -0.4 is 0 Å². The Labute approximate surface area is 157 Å². The minimum absolute atomic E-state index is 0.144. The zero-order valence-corrected chi connectivity index (χ0v) is 16.0. The zero-order chi connectivity index (χ0) is 17.2. The molecule has 6 bridgehead atoms. The molecule has 7 aliphatic rings. The van der Waals surface area contributed by atoms with E-state index in [-0.39, 0.29) is 17.5 Å². The largest absolute Gasteiger partial charge is 0.462 e. The van der Waals surface area contributed by atoms with Gasteiger partial charge in [0.15, 0.2) is 0 Å². The van der Waals surface area contributed by atoms with E-state index in [0.717, 1.165) is 47.8 Å². The number of rotatable bonds is 2. The van der Waals surface area contributed by atoms with Crippen LogP contribution in [-0.2, 0) is 9.53 Å². The second-order valence-corrected chi connectivity index (χ2v) is 11.4. The van der Waals surface area contributed by atoms with E-state index in [4.69, 9.17) is 4.74 Å². The Morgan fingerprint density at radius 3 is 2.46 bits per heavy atom. The van der Waals surface area contributed by atoms with E-state index >= 15 is 0 Å². The maximum atomic E-state index is 13.2. The highest BCUT2D eigenvalue weighted by Crippen LogP contribution is 2.73. The third-order valence-electron chi connectivity index (χ3n) is 10.7. The van der Waals surface area contributed by atoms with Gasteiger partial charge in [-0.2, -0.15) is 0 Å². The summed E-state index contributed by atoms with van der Waals surface area (Å²) in [4.78, 5) is 13.2. The number of carbonyl (C=O) groups excluding carboxylic acids is 1. The molecule has 0 aromatic carbocycles. The third kappa shape index (κ3) is 1.65. The van der Waals surface area contributed by atoms with Crippen LogP contribution in [-0.4, -0.2) is 12.1 Å². The van der Waals surface area contributed by atoms with Gasteiger partial charge in [-0.15, -0.1) is 0 Å². The summed E-state index contributed by atoms with van der Waals surface area (Å²) in [5.74, 6) is 8.92. The summed E-state index contributed by atoms with van der Waals surface area (Å²) in [6, 6.07) is 0. The molecule has 0 aliphatic heterocycles. The lowest BCUT2D eigenvalue weighted by atomic mass is 9.64. The van der Waals surface area contributed by atoms with Crippen LogP contribution in [0.15, 0.2) is 12.2 Å². The first-order valence-corrected chi connectivity index (χ1v) is 11.5. The van der Waals surface area contributed by atoms with Crippen molar-refractivity contribution in [2.24, 2.45) is 64.6 Å². The van der Waals surface area contributed by atoms with Gasteiger partial charge in [-0.3, -0.25) is 4.79 Å². The second kappa shape index (κ2) is 4.78. The van der Waals surface area contributed by atoms with Crippen LogP contribution in [0, 0.1) is 64.6 Å². The summed E-state index contributed by atoms with van der Waals surface area (Å²) in [5, 5.41) is 0. The molecule has 6 fully saturated rings. The van der Waals surface area contributed by atoms with Crippen LogP contribution in [0.25, 0.3) is 0 Å². The molecule has 26 heavy (non-hydrogen) atoms. The first-order chi connectivity index (χ1) is 12.6. The Hall–Kier alpha value is -0.790. The van der Waals surface area contributed by atoms with Crippen LogP contribution in [0.4, 0.5) is 0 Å². The van der Waals surface area contributed by atoms with Gasteiger partial charge in [0, 0.05) is 0 Å². The van der Waals surface area contributed by atoms with Crippen LogP contribution in [0.5, 0.6) is 0 Å². The normalized spacial score (nSPS) is 62.9. The highest BCUT2D eigenvalue weighted by Gasteiger charge is 2.68. The first-order valence-electron chi connectivity index (χ1n) is 11.5. The standard InChI is InChI=1S/C24H32O2/c1-24(11-12-5-6-14(24)7-12)23(25)26-20-9-13-8-19(20)22-18-10-17(21(13)22)15-3-2-4-16(15)18/h5-6,12-22H,2-4,7-11H2,1H3. The van der Waals surface area contributed by atoms with E-state index in [2.05, 4.69) is 19.1 Å². The van der Waals surface area contributed by atoms with E-state index < -0.39 is 0 Å². The second-order valence-electron chi connectivity index (χ2n) is 11.4. The molecular formula is C24H32O2. The minimum Gasteiger partial charge on any atom is -0.462 e. The van der Waals surface area contributed by atoms with Gasteiger partial charge >= 0.3 is 5.97 Å². The molecule has 0 aromatic rings. The highest BCUT2D eigenvalue weighted by molar-refractivity contribution is 5.78. The summed E-state index contributed by atoms with van der Waals surface area (Å²) in [6.45, 7) is 2.18. The number of hydrogen-bond donors (Lipinski definition) is 0. The van der Waals surface area contributed by atoms with Gasteiger partial charge in [-0.1, -0.05) is 18.6 Å². The highest BCUT2D eigenvalue weighted by atomic mass is 16.5.